The molecular weight excluding hydrogens is 325 g/mol. The highest BCUT2D eigenvalue weighted by Crippen LogP contribution is 2.40. The van der Waals surface area contributed by atoms with Gasteiger partial charge in [0.05, 0.1) is 6.61 Å². The molecule has 0 spiro atoms. The minimum absolute atomic E-state index is 0.329. The third kappa shape index (κ3) is 6.41. The van der Waals surface area contributed by atoms with Crippen LogP contribution >= 0.6 is 0 Å². The first-order chi connectivity index (χ1) is 12.1. The third-order valence-electron chi connectivity index (χ3n) is 5.13. The van der Waals surface area contributed by atoms with E-state index in [1.807, 2.05) is 12.1 Å². The van der Waals surface area contributed by atoms with Gasteiger partial charge in [-0.2, -0.15) is 8.78 Å². The fourth-order valence-electron chi connectivity index (χ4n) is 3.57. The maximum Gasteiger partial charge on any atom is 0.301 e. The summed E-state index contributed by atoms with van der Waals surface area (Å²) in [6.07, 6.45) is 6.42. The molecule has 0 bridgehead atoms. The molecule has 25 heavy (non-hydrogen) atoms. The molecule has 1 aliphatic carbocycles. The van der Waals surface area contributed by atoms with Gasteiger partial charge in [-0.25, -0.2) is 4.39 Å². The molecule has 1 saturated carbocycles. The van der Waals surface area contributed by atoms with Gasteiger partial charge in [0.2, 0.25) is 0 Å². The van der Waals surface area contributed by atoms with E-state index in [1.54, 1.807) is 0 Å². The number of unbranched alkanes of at least 4 members (excludes halogenated alkanes) is 4. The van der Waals surface area contributed by atoms with Crippen LogP contribution in [-0.2, 0) is 0 Å². The maximum absolute atomic E-state index is 13.3. The average molecular weight is 354 g/mol. The van der Waals surface area contributed by atoms with E-state index >= 15 is 0 Å². The van der Waals surface area contributed by atoms with Gasteiger partial charge in [-0.05, 0) is 55.7 Å². The van der Waals surface area contributed by atoms with Crippen LogP contribution in [0.15, 0.2) is 36.2 Å². The van der Waals surface area contributed by atoms with Crippen LogP contribution < -0.4 is 4.74 Å². The summed E-state index contributed by atoms with van der Waals surface area (Å²) in [5.41, 5.74) is 1.19. The van der Waals surface area contributed by atoms with Crippen molar-refractivity contribution >= 4 is 0 Å². The molecule has 1 aliphatic rings. The zero-order valence-electron chi connectivity index (χ0n) is 15.1. The molecule has 1 fully saturated rings. The molecule has 0 heterocycles. The van der Waals surface area contributed by atoms with Crippen LogP contribution in [0.3, 0.4) is 0 Å². The molecule has 0 aromatic heterocycles. The Hall–Kier alpha value is -1.45. The fraction of sp³-hybridized carbons (Fsp3) is 0.619. The summed E-state index contributed by atoms with van der Waals surface area (Å²) < 4.78 is 43.8. The largest absolute Gasteiger partial charge is 0.494 e. The second kappa shape index (κ2) is 10.5. The highest BCUT2D eigenvalue weighted by Gasteiger charge is 2.27. The van der Waals surface area contributed by atoms with Crippen molar-refractivity contribution in [2.24, 2.45) is 5.92 Å². The molecule has 4 heteroatoms. The number of ether oxygens (including phenoxy) is 1. The number of benzene rings is 1. The monoisotopic (exact) mass is 354 g/mol. The lowest BCUT2D eigenvalue weighted by Crippen LogP contribution is -2.14. The zero-order valence-corrected chi connectivity index (χ0v) is 15.1. The highest BCUT2D eigenvalue weighted by molar-refractivity contribution is 5.29. The summed E-state index contributed by atoms with van der Waals surface area (Å²) in [5, 5.41) is 0. The molecule has 0 saturated heterocycles. The smallest absolute Gasteiger partial charge is 0.301 e. The van der Waals surface area contributed by atoms with Gasteiger partial charge in [-0.3, -0.25) is 0 Å². The van der Waals surface area contributed by atoms with Crippen LogP contribution in [0.1, 0.15) is 76.2 Å². The van der Waals surface area contributed by atoms with Gasteiger partial charge < -0.3 is 4.74 Å². The SMILES string of the molecule is CCCCCCCOc1ccc(C2CCC(C(F)=C(F)F)CC2)cc1. The van der Waals surface area contributed by atoms with Crippen molar-refractivity contribution < 1.29 is 17.9 Å². The maximum atomic E-state index is 13.3. The molecule has 1 nitrogen and oxygen atoms in total. The Bertz CT molecular complexity index is 527. The van der Waals surface area contributed by atoms with Crippen molar-refractivity contribution in [3.8, 4) is 5.75 Å². The van der Waals surface area contributed by atoms with E-state index in [0.717, 1.165) is 31.6 Å². The van der Waals surface area contributed by atoms with Crippen molar-refractivity contribution in [2.45, 2.75) is 70.6 Å². The van der Waals surface area contributed by atoms with Crippen molar-refractivity contribution in [3.05, 3.63) is 41.7 Å². The molecule has 140 valence electrons. The van der Waals surface area contributed by atoms with Crippen molar-refractivity contribution in [1.29, 1.82) is 0 Å². The summed E-state index contributed by atoms with van der Waals surface area (Å²) in [4.78, 5) is 0. The summed E-state index contributed by atoms with van der Waals surface area (Å²) >= 11 is 0. The molecule has 0 radical (unpaired) electrons. The minimum atomic E-state index is -2.15. The summed E-state index contributed by atoms with van der Waals surface area (Å²) in [5.74, 6) is -0.603. The third-order valence-corrected chi connectivity index (χ3v) is 5.13. The van der Waals surface area contributed by atoms with Gasteiger partial charge in [-0.15, -0.1) is 0 Å². The fourth-order valence-corrected chi connectivity index (χ4v) is 3.57. The molecule has 0 atom stereocenters. The predicted molar refractivity (Wildman–Crippen MR) is 95.7 cm³/mol. The Kier molecular flexibility index (Phi) is 8.36. The first-order valence-electron chi connectivity index (χ1n) is 9.55. The van der Waals surface area contributed by atoms with Crippen molar-refractivity contribution in [1.82, 2.24) is 0 Å². The summed E-state index contributed by atoms with van der Waals surface area (Å²) in [6.45, 7) is 2.95. The molecule has 0 aliphatic heterocycles. The van der Waals surface area contributed by atoms with Gasteiger partial charge in [0.25, 0.3) is 0 Å². The molecule has 1 aromatic carbocycles. The van der Waals surface area contributed by atoms with E-state index in [0.29, 0.717) is 18.8 Å². The molecule has 2 rings (SSSR count). The molecule has 0 unspecified atom stereocenters. The normalized spacial score (nSPS) is 20.3. The highest BCUT2D eigenvalue weighted by atomic mass is 19.3. The van der Waals surface area contributed by atoms with Gasteiger partial charge in [0.1, 0.15) is 5.75 Å². The predicted octanol–water partition coefficient (Wildman–Crippen LogP) is 7.39. The van der Waals surface area contributed by atoms with Crippen LogP contribution in [0.2, 0.25) is 0 Å². The van der Waals surface area contributed by atoms with E-state index in [1.165, 1.54) is 31.2 Å². The van der Waals surface area contributed by atoms with E-state index in [-0.39, 0.29) is 0 Å². The van der Waals surface area contributed by atoms with E-state index in [2.05, 4.69) is 19.1 Å². The van der Waals surface area contributed by atoms with Gasteiger partial charge in [0, 0.05) is 5.92 Å². The Balaban J connectivity index is 1.74. The standard InChI is InChI=1S/C21H29F3O/c1-2-3-4-5-6-15-25-19-13-11-17(12-14-19)16-7-9-18(10-8-16)20(22)21(23)24/h11-14,16,18H,2-10,15H2,1H3. The number of hydrogen-bond donors (Lipinski definition) is 0. The molecular formula is C21H29F3O. The van der Waals surface area contributed by atoms with Gasteiger partial charge in [0.15, 0.2) is 5.83 Å². The lowest BCUT2D eigenvalue weighted by Gasteiger charge is -2.27. The first kappa shape index (κ1) is 19.9. The lowest BCUT2D eigenvalue weighted by atomic mass is 9.78. The van der Waals surface area contributed by atoms with Crippen LogP contribution in [0.25, 0.3) is 0 Å². The number of halogens is 3. The quantitative estimate of drug-likeness (QED) is 0.420. The van der Waals surface area contributed by atoms with Crippen LogP contribution in [-0.4, -0.2) is 6.61 Å². The second-order valence-electron chi connectivity index (χ2n) is 6.99. The topological polar surface area (TPSA) is 9.23 Å². The Morgan fingerprint density at radius 3 is 2.16 bits per heavy atom. The van der Waals surface area contributed by atoms with Crippen molar-refractivity contribution in [2.75, 3.05) is 6.61 Å². The minimum Gasteiger partial charge on any atom is -0.494 e. The number of rotatable bonds is 9. The average Bonchev–Trinajstić information content (AvgIpc) is 2.64. The second-order valence-corrected chi connectivity index (χ2v) is 6.99. The van der Waals surface area contributed by atoms with Crippen LogP contribution in [0, 0.1) is 5.92 Å². The van der Waals surface area contributed by atoms with Crippen molar-refractivity contribution in [3.63, 3.8) is 0 Å². The summed E-state index contributed by atoms with van der Waals surface area (Å²) in [6, 6.07) is 8.07. The van der Waals surface area contributed by atoms with Gasteiger partial charge in [-0.1, -0.05) is 44.7 Å². The van der Waals surface area contributed by atoms with E-state index in [4.69, 9.17) is 4.74 Å². The lowest BCUT2D eigenvalue weighted by molar-refractivity contribution is 0.281. The van der Waals surface area contributed by atoms with Crippen LogP contribution in [0.4, 0.5) is 13.2 Å². The van der Waals surface area contributed by atoms with E-state index in [9.17, 15) is 13.2 Å². The van der Waals surface area contributed by atoms with Crippen LogP contribution in [0.5, 0.6) is 5.75 Å². The Morgan fingerprint density at radius 2 is 1.56 bits per heavy atom. The first-order valence-corrected chi connectivity index (χ1v) is 9.55. The molecule has 0 amide bonds. The number of allylic oxidation sites excluding steroid dienone is 1. The Morgan fingerprint density at radius 1 is 0.920 bits per heavy atom. The molecule has 1 aromatic rings. The van der Waals surface area contributed by atoms with E-state index < -0.39 is 17.8 Å². The zero-order chi connectivity index (χ0) is 18.1. The molecule has 0 N–H and O–H groups in total. The Labute approximate surface area is 149 Å². The summed E-state index contributed by atoms with van der Waals surface area (Å²) in [7, 11) is 0. The number of hydrogen-bond acceptors (Lipinski definition) is 1. The van der Waals surface area contributed by atoms with Gasteiger partial charge >= 0.3 is 6.08 Å².